The minimum Gasteiger partial charge on any atom is -0.489 e. The Morgan fingerprint density at radius 2 is 1.95 bits per heavy atom. The monoisotopic (exact) mass is 342 g/mol. The van der Waals surface area contributed by atoms with Crippen LogP contribution in [0.25, 0.3) is 0 Å². The molecular weight excluding hydrogens is 330 g/mol. The Morgan fingerprint density at radius 3 is 2.55 bits per heavy atom. The van der Waals surface area contributed by atoms with Crippen molar-refractivity contribution in [3.05, 3.63) is 63.6 Å². The van der Waals surface area contributed by atoms with Crippen LogP contribution in [0.1, 0.15) is 24.2 Å². The smallest absolute Gasteiger partial charge is 0.132 e. The Bertz CT molecular complexity index is 595. The van der Waals surface area contributed by atoms with Crippen LogP contribution in [0.3, 0.4) is 0 Å². The lowest BCUT2D eigenvalue weighted by Crippen LogP contribution is -1.99. The van der Waals surface area contributed by atoms with Crippen LogP contribution >= 0.6 is 15.9 Å². The number of benzene rings is 2. The minimum absolute atomic E-state index is 0.129. The number of aliphatic hydroxyl groups excluding tert-OH is 1. The van der Waals surface area contributed by atoms with E-state index in [9.17, 15) is 13.9 Å². The second kappa shape index (κ2) is 6.33. The quantitative estimate of drug-likeness (QED) is 0.894. The van der Waals surface area contributed by atoms with Crippen LogP contribution in [0.5, 0.6) is 5.75 Å². The van der Waals surface area contributed by atoms with Crippen LogP contribution < -0.4 is 4.74 Å². The summed E-state index contributed by atoms with van der Waals surface area (Å²) in [7, 11) is 0. The molecule has 0 amide bonds. The van der Waals surface area contributed by atoms with Crippen LogP contribution in [-0.2, 0) is 6.61 Å². The average Bonchev–Trinajstić information content (AvgIpc) is 2.35. The Labute approximate surface area is 124 Å². The summed E-state index contributed by atoms with van der Waals surface area (Å²) in [5.74, 6) is -0.571. The second-order valence-corrected chi connectivity index (χ2v) is 5.34. The standard InChI is InChI=1S/C15H13BrF2O2/c1-9(19)14-3-2-13(7-15(14)18)20-8-10-4-11(16)6-12(17)5-10/h2-7,9,19H,8H2,1H3/t9-/m1/s1. The van der Waals surface area contributed by atoms with Crippen molar-refractivity contribution in [2.45, 2.75) is 19.6 Å². The third-order valence-electron chi connectivity index (χ3n) is 2.75. The van der Waals surface area contributed by atoms with E-state index in [-0.39, 0.29) is 18.0 Å². The minimum atomic E-state index is -0.872. The summed E-state index contributed by atoms with van der Waals surface area (Å²) in [4.78, 5) is 0. The van der Waals surface area contributed by atoms with Gasteiger partial charge in [-0.05, 0) is 42.8 Å². The van der Waals surface area contributed by atoms with Crippen molar-refractivity contribution in [1.29, 1.82) is 0 Å². The van der Waals surface area contributed by atoms with Gasteiger partial charge < -0.3 is 9.84 Å². The number of hydrogen-bond acceptors (Lipinski definition) is 2. The normalized spacial score (nSPS) is 12.2. The van der Waals surface area contributed by atoms with Gasteiger partial charge in [-0.25, -0.2) is 8.78 Å². The molecule has 20 heavy (non-hydrogen) atoms. The van der Waals surface area contributed by atoms with Gasteiger partial charge in [-0.3, -0.25) is 0 Å². The molecule has 2 nitrogen and oxygen atoms in total. The highest BCUT2D eigenvalue weighted by atomic mass is 79.9. The molecule has 0 aliphatic carbocycles. The lowest BCUT2D eigenvalue weighted by molar-refractivity contribution is 0.194. The summed E-state index contributed by atoms with van der Waals surface area (Å²) in [6, 6.07) is 8.67. The van der Waals surface area contributed by atoms with Gasteiger partial charge in [0.2, 0.25) is 0 Å². The molecule has 0 aromatic heterocycles. The molecule has 1 atom stereocenters. The molecule has 0 unspecified atom stereocenters. The molecule has 106 valence electrons. The highest BCUT2D eigenvalue weighted by molar-refractivity contribution is 9.10. The molecule has 2 rings (SSSR count). The first-order chi connectivity index (χ1) is 9.45. The van der Waals surface area contributed by atoms with Crippen LogP contribution in [0.15, 0.2) is 40.9 Å². The van der Waals surface area contributed by atoms with Gasteiger partial charge in [0.1, 0.15) is 24.0 Å². The van der Waals surface area contributed by atoms with Gasteiger partial charge in [-0.1, -0.05) is 15.9 Å². The number of halogens is 3. The average molecular weight is 343 g/mol. The van der Waals surface area contributed by atoms with Gasteiger partial charge in [-0.15, -0.1) is 0 Å². The van der Waals surface area contributed by atoms with Crippen LogP contribution in [0.2, 0.25) is 0 Å². The number of rotatable bonds is 4. The molecule has 0 spiro atoms. The molecule has 0 bridgehead atoms. The number of hydrogen-bond donors (Lipinski definition) is 1. The summed E-state index contributed by atoms with van der Waals surface area (Å²) >= 11 is 3.19. The van der Waals surface area contributed by atoms with Crippen molar-refractivity contribution < 1.29 is 18.6 Å². The van der Waals surface area contributed by atoms with Gasteiger partial charge in [0.05, 0.1) is 6.10 Å². The zero-order valence-electron chi connectivity index (χ0n) is 10.7. The van der Waals surface area contributed by atoms with E-state index in [0.717, 1.165) is 0 Å². The summed E-state index contributed by atoms with van der Waals surface area (Å²) < 4.78 is 32.9. The van der Waals surface area contributed by atoms with Crippen molar-refractivity contribution in [1.82, 2.24) is 0 Å². The molecule has 0 saturated carbocycles. The predicted octanol–water partition coefficient (Wildman–Crippen LogP) is 4.36. The van der Waals surface area contributed by atoms with Crippen molar-refractivity contribution >= 4 is 15.9 Å². The highest BCUT2D eigenvalue weighted by Gasteiger charge is 2.09. The Morgan fingerprint density at radius 1 is 1.20 bits per heavy atom. The first-order valence-corrected chi connectivity index (χ1v) is 6.80. The fourth-order valence-electron chi connectivity index (χ4n) is 1.80. The topological polar surface area (TPSA) is 29.5 Å². The lowest BCUT2D eigenvalue weighted by Gasteiger charge is -2.10. The van der Waals surface area contributed by atoms with Gasteiger partial charge in [0.25, 0.3) is 0 Å². The molecule has 0 fully saturated rings. The zero-order valence-corrected chi connectivity index (χ0v) is 12.3. The Balaban J connectivity index is 2.09. The van der Waals surface area contributed by atoms with Crippen molar-refractivity contribution in [3.8, 4) is 5.75 Å². The second-order valence-electron chi connectivity index (χ2n) is 4.43. The molecule has 5 heteroatoms. The maximum atomic E-state index is 13.6. The summed E-state index contributed by atoms with van der Waals surface area (Å²) in [5.41, 5.74) is 0.850. The van der Waals surface area contributed by atoms with Gasteiger partial charge >= 0.3 is 0 Å². The third-order valence-corrected chi connectivity index (χ3v) is 3.21. The lowest BCUT2D eigenvalue weighted by atomic mass is 10.1. The van der Waals surface area contributed by atoms with Gasteiger partial charge in [0, 0.05) is 16.1 Å². The predicted molar refractivity (Wildman–Crippen MR) is 75.5 cm³/mol. The SMILES string of the molecule is C[C@@H](O)c1ccc(OCc2cc(F)cc(Br)c2)cc1F. The van der Waals surface area contributed by atoms with Crippen molar-refractivity contribution in [3.63, 3.8) is 0 Å². The molecular formula is C15H13BrF2O2. The van der Waals surface area contributed by atoms with E-state index >= 15 is 0 Å². The molecule has 0 heterocycles. The van der Waals surface area contributed by atoms with E-state index in [1.54, 1.807) is 12.1 Å². The third kappa shape index (κ3) is 3.77. The summed E-state index contributed by atoms with van der Waals surface area (Å²) in [6.45, 7) is 1.62. The van der Waals surface area contributed by atoms with Crippen LogP contribution in [0, 0.1) is 11.6 Å². The Hall–Kier alpha value is -1.46. The molecule has 0 aliphatic rings. The highest BCUT2D eigenvalue weighted by Crippen LogP contribution is 2.23. The summed E-state index contributed by atoms with van der Waals surface area (Å²) in [5, 5.41) is 9.34. The van der Waals surface area contributed by atoms with E-state index in [4.69, 9.17) is 4.74 Å². The van der Waals surface area contributed by atoms with Gasteiger partial charge in [-0.2, -0.15) is 0 Å². The molecule has 1 N–H and O–H groups in total. The molecule has 2 aromatic rings. The van der Waals surface area contributed by atoms with E-state index in [2.05, 4.69) is 15.9 Å². The largest absolute Gasteiger partial charge is 0.489 e. The first-order valence-electron chi connectivity index (χ1n) is 6.01. The first kappa shape index (κ1) is 14.9. The van der Waals surface area contributed by atoms with Crippen molar-refractivity contribution in [2.24, 2.45) is 0 Å². The maximum absolute atomic E-state index is 13.6. The van der Waals surface area contributed by atoms with E-state index < -0.39 is 11.9 Å². The molecule has 0 aliphatic heterocycles. The molecule has 2 aromatic carbocycles. The van der Waals surface area contributed by atoms with E-state index in [1.165, 1.54) is 31.2 Å². The fourth-order valence-corrected chi connectivity index (χ4v) is 2.31. The molecule has 0 saturated heterocycles. The van der Waals surface area contributed by atoms with E-state index in [1.807, 2.05) is 0 Å². The van der Waals surface area contributed by atoms with E-state index in [0.29, 0.717) is 15.8 Å². The summed E-state index contributed by atoms with van der Waals surface area (Å²) in [6.07, 6.45) is -0.872. The van der Waals surface area contributed by atoms with Crippen LogP contribution in [0.4, 0.5) is 8.78 Å². The van der Waals surface area contributed by atoms with Crippen LogP contribution in [-0.4, -0.2) is 5.11 Å². The maximum Gasteiger partial charge on any atom is 0.132 e. The molecule has 0 radical (unpaired) electrons. The zero-order chi connectivity index (χ0) is 14.7. The Kier molecular flexibility index (Phi) is 4.73. The van der Waals surface area contributed by atoms with Gasteiger partial charge in [0.15, 0.2) is 0 Å². The number of aliphatic hydroxyl groups is 1. The number of ether oxygens (including phenoxy) is 1. The van der Waals surface area contributed by atoms with Crippen molar-refractivity contribution in [2.75, 3.05) is 0 Å². The fraction of sp³-hybridized carbons (Fsp3) is 0.200.